The quantitative estimate of drug-likeness (QED) is 0.467. The van der Waals surface area contributed by atoms with Crippen LogP contribution in [0.5, 0.6) is 5.75 Å². The predicted molar refractivity (Wildman–Crippen MR) is 145 cm³/mol. The van der Waals surface area contributed by atoms with E-state index in [1.54, 1.807) is 29.2 Å². The van der Waals surface area contributed by atoms with Gasteiger partial charge in [0.15, 0.2) is 0 Å². The second kappa shape index (κ2) is 11.2. The number of phenolic OH excluding ortho intramolecular Hbond substituents is 1. The molecule has 0 aromatic heterocycles. The van der Waals surface area contributed by atoms with Gasteiger partial charge in [-0.1, -0.05) is 60.1 Å². The van der Waals surface area contributed by atoms with Gasteiger partial charge in [0.2, 0.25) is 11.8 Å². The number of fused-ring (bicyclic) bond motifs is 1. The van der Waals surface area contributed by atoms with Crippen LogP contribution in [0, 0.1) is 0 Å². The van der Waals surface area contributed by atoms with Crippen LogP contribution in [0.3, 0.4) is 0 Å². The monoisotopic (exact) mass is 518 g/mol. The van der Waals surface area contributed by atoms with Gasteiger partial charge in [-0.3, -0.25) is 9.59 Å². The number of para-hydroxylation sites is 2. The minimum atomic E-state index is -0.690. The number of phenols is 1. The number of anilines is 1. The highest BCUT2D eigenvalue weighted by Gasteiger charge is 2.32. The van der Waals surface area contributed by atoms with Crippen molar-refractivity contribution in [3.8, 4) is 5.75 Å². The van der Waals surface area contributed by atoms with E-state index in [4.69, 9.17) is 11.6 Å². The first kappa shape index (κ1) is 25.1. The standard InChI is InChI=1S/C29H31ClN4O3/c30-23-11-9-20(10-12-23)17-25(32-28(36)24-18-21-5-1-2-6-22(21)19-31-24)29(37)34-15-13-33(14-16-34)26-7-3-4-8-27(26)35/h1-12,24-25,31,35H,13-19H2,(H,32,36)/t24-,25-/m1/s1. The molecule has 0 bridgehead atoms. The Kier molecular flexibility index (Phi) is 7.63. The Labute approximate surface area is 222 Å². The first-order chi connectivity index (χ1) is 18.0. The summed E-state index contributed by atoms with van der Waals surface area (Å²) in [6.45, 7) is 2.85. The number of piperazine rings is 1. The van der Waals surface area contributed by atoms with Gasteiger partial charge in [0, 0.05) is 44.2 Å². The van der Waals surface area contributed by atoms with Crippen LogP contribution in [0.1, 0.15) is 16.7 Å². The maximum Gasteiger partial charge on any atom is 0.245 e. The summed E-state index contributed by atoms with van der Waals surface area (Å²) in [7, 11) is 0. The molecule has 1 saturated heterocycles. The van der Waals surface area contributed by atoms with Gasteiger partial charge in [-0.15, -0.1) is 0 Å². The maximum atomic E-state index is 13.7. The van der Waals surface area contributed by atoms with Crippen molar-refractivity contribution in [1.82, 2.24) is 15.5 Å². The summed E-state index contributed by atoms with van der Waals surface area (Å²) in [5.41, 5.74) is 4.05. The minimum Gasteiger partial charge on any atom is -0.506 e. The summed E-state index contributed by atoms with van der Waals surface area (Å²) < 4.78 is 0. The van der Waals surface area contributed by atoms with Crippen LogP contribution in [0.25, 0.3) is 0 Å². The van der Waals surface area contributed by atoms with Crippen molar-refractivity contribution in [2.45, 2.75) is 31.5 Å². The van der Waals surface area contributed by atoms with E-state index < -0.39 is 12.1 Å². The van der Waals surface area contributed by atoms with Crippen molar-refractivity contribution < 1.29 is 14.7 Å². The summed E-state index contributed by atoms with van der Waals surface area (Å²) in [4.78, 5) is 30.9. The molecule has 8 heteroatoms. The normalized spacial score (nSPS) is 18.1. The van der Waals surface area contributed by atoms with Gasteiger partial charge >= 0.3 is 0 Å². The molecule has 0 unspecified atom stereocenters. The third-order valence-corrected chi connectivity index (χ3v) is 7.43. The Morgan fingerprint density at radius 3 is 2.35 bits per heavy atom. The lowest BCUT2D eigenvalue weighted by Crippen LogP contribution is -2.58. The molecule has 0 spiro atoms. The maximum absolute atomic E-state index is 13.7. The first-order valence-corrected chi connectivity index (χ1v) is 13.0. The van der Waals surface area contributed by atoms with Gasteiger partial charge in [-0.2, -0.15) is 0 Å². The number of carbonyl (C=O) groups excluding carboxylic acids is 2. The first-order valence-electron chi connectivity index (χ1n) is 12.6. The molecule has 7 nitrogen and oxygen atoms in total. The predicted octanol–water partition coefficient (Wildman–Crippen LogP) is 3.14. The summed E-state index contributed by atoms with van der Waals surface area (Å²) in [5, 5.41) is 17.2. The zero-order valence-corrected chi connectivity index (χ0v) is 21.3. The minimum absolute atomic E-state index is 0.101. The molecule has 2 amide bonds. The summed E-state index contributed by atoms with van der Waals surface area (Å²) in [5.74, 6) is -0.0391. The molecule has 3 aromatic rings. The van der Waals surface area contributed by atoms with Crippen molar-refractivity contribution in [3.63, 3.8) is 0 Å². The average Bonchev–Trinajstić information content (AvgIpc) is 2.93. The van der Waals surface area contributed by atoms with Crippen molar-refractivity contribution in [3.05, 3.63) is 94.5 Å². The van der Waals surface area contributed by atoms with Crippen molar-refractivity contribution in [2.75, 3.05) is 31.1 Å². The molecule has 2 heterocycles. The molecule has 1 fully saturated rings. The molecule has 0 radical (unpaired) electrons. The van der Waals surface area contributed by atoms with E-state index in [2.05, 4.69) is 27.7 Å². The van der Waals surface area contributed by atoms with E-state index in [0.717, 1.165) is 16.8 Å². The number of hydrogen-bond acceptors (Lipinski definition) is 5. The van der Waals surface area contributed by atoms with Crippen LogP contribution in [-0.4, -0.2) is 60.1 Å². The zero-order chi connectivity index (χ0) is 25.8. The molecular weight excluding hydrogens is 488 g/mol. The van der Waals surface area contributed by atoms with Gasteiger partial charge in [0.05, 0.1) is 11.7 Å². The van der Waals surface area contributed by atoms with Crippen LogP contribution in [-0.2, 0) is 29.0 Å². The van der Waals surface area contributed by atoms with E-state index >= 15 is 0 Å². The van der Waals surface area contributed by atoms with Gasteiger partial charge in [-0.25, -0.2) is 0 Å². The lowest BCUT2D eigenvalue weighted by atomic mass is 9.95. The number of rotatable bonds is 6. The topological polar surface area (TPSA) is 84.9 Å². The molecule has 37 heavy (non-hydrogen) atoms. The van der Waals surface area contributed by atoms with Crippen LogP contribution >= 0.6 is 11.6 Å². The number of hydrogen-bond donors (Lipinski definition) is 3. The van der Waals surface area contributed by atoms with Crippen molar-refractivity contribution in [2.24, 2.45) is 0 Å². The van der Waals surface area contributed by atoms with Crippen LogP contribution in [0.4, 0.5) is 5.69 Å². The van der Waals surface area contributed by atoms with E-state index in [-0.39, 0.29) is 17.6 Å². The molecule has 0 saturated carbocycles. The second-order valence-corrected chi connectivity index (χ2v) is 10.0. The molecular formula is C29H31ClN4O3. The number of nitrogens with one attached hydrogen (secondary N) is 2. The van der Waals surface area contributed by atoms with Crippen LogP contribution in [0.2, 0.25) is 5.02 Å². The highest BCUT2D eigenvalue weighted by Crippen LogP contribution is 2.27. The SMILES string of the molecule is O=C(N[C@H](Cc1ccc(Cl)cc1)C(=O)N1CCN(c2ccccc2O)CC1)[C@H]1Cc2ccccc2CN1. The Hall–Kier alpha value is -3.55. The molecule has 3 N–H and O–H groups in total. The van der Waals surface area contributed by atoms with Crippen molar-refractivity contribution in [1.29, 1.82) is 0 Å². The van der Waals surface area contributed by atoms with Gasteiger partial charge in [0.1, 0.15) is 11.8 Å². The fourth-order valence-corrected chi connectivity index (χ4v) is 5.21. The molecule has 192 valence electrons. The van der Waals surface area contributed by atoms with Gasteiger partial charge < -0.3 is 25.5 Å². The number of carbonyl (C=O) groups is 2. The van der Waals surface area contributed by atoms with Crippen LogP contribution < -0.4 is 15.5 Å². The van der Waals surface area contributed by atoms with E-state index in [9.17, 15) is 14.7 Å². The largest absolute Gasteiger partial charge is 0.506 e. The average molecular weight is 519 g/mol. The number of halogens is 1. The Balaban J connectivity index is 1.28. The zero-order valence-electron chi connectivity index (χ0n) is 20.6. The third kappa shape index (κ3) is 5.89. The summed E-state index contributed by atoms with van der Waals surface area (Å²) in [6, 6.07) is 21.6. The smallest absolute Gasteiger partial charge is 0.245 e. The Morgan fingerprint density at radius 2 is 1.62 bits per heavy atom. The number of amides is 2. The van der Waals surface area contributed by atoms with Gasteiger partial charge in [-0.05, 0) is 47.4 Å². The second-order valence-electron chi connectivity index (χ2n) is 9.60. The fraction of sp³-hybridized carbons (Fsp3) is 0.310. The molecule has 0 aliphatic carbocycles. The molecule has 2 aliphatic rings. The lowest BCUT2D eigenvalue weighted by Gasteiger charge is -2.38. The van der Waals surface area contributed by atoms with E-state index in [1.165, 1.54) is 5.56 Å². The summed E-state index contributed by atoms with van der Waals surface area (Å²) >= 11 is 6.06. The van der Waals surface area contributed by atoms with Crippen molar-refractivity contribution >= 4 is 29.1 Å². The summed E-state index contributed by atoms with van der Waals surface area (Å²) in [6.07, 6.45) is 0.966. The third-order valence-electron chi connectivity index (χ3n) is 7.18. The number of benzene rings is 3. The number of nitrogens with zero attached hydrogens (tertiary/aromatic N) is 2. The van der Waals surface area contributed by atoms with E-state index in [0.29, 0.717) is 50.6 Å². The Morgan fingerprint density at radius 1 is 0.946 bits per heavy atom. The molecule has 5 rings (SSSR count). The fourth-order valence-electron chi connectivity index (χ4n) is 5.09. The van der Waals surface area contributed by atoms with Crippen LogP contribution in [0.15, 0.2) is 72.8 Å². The number of aromatic hydroxyl groups is 1. The Bertz CT molecular complexity index is 1260. The van der Waals surface area contributed by atoms with E-state index in [1.807, 2.05) is 36.4 Å². The molecule has 2 atom stereocenters. The molecule has 2 aliphatic heterocycles. The highest BCUT2D eigenvalue weighted by atomic mass is 35.5. The highest BCUT2D eigenvalue weighted by molar-refractivity contribution is 6.30. The van der Waals surface area contributed by atoms with Gasteiger partial charge in [0.25, 0.3) is 0 Å². The lowest BCUT2D eigenvalue weighted by molar-refractivity contribution is -0.137. The molecule has 3 aromatic carbocycles.